The molecule has 5 nitrogen and oxygen atoms in total. The van der Waals surface area contributed by atoms with E-state index in [-0.39, 0.29) is 18.6 Å². The Labute approximate surface area is 125 Å². The molecule has 0 bridgehead atoms. The third-order valence-electron chi connectivity index (χ3n) is 3.97. The van der Waals surface area contributed by atoms with Crippen molar-refractivity contribution in [3.05, 3.63) is 23.2 Å². The maximum Gasteiger partial charge on any atom is 0.220 e. The van der Waals surface area contributed by atoms with Crippen LogP contribution >= 0.6 is 0 Å². The monoisotopic (exact) mass is 295 g/mol. The summed E-state index contributed by atoms with van der Waals surface area (Å²) in [4.78, 5) is 11.9. The molecule has 0 unspecified atom stereocenters. The van der Waals surface area contributed by atoms with Gasteiger partial charge in [0.25, 0.3) is 0 Å². The van der Waals surface area contributed by atoms with E-state index < -0.39 is 5.60 Å². The van der Waals surface area contributed by atoms with Crippen molar-refractivity contribution in [1.82, 2.24) is 5.32 Å². The van der Waals surface area contributed by atoms with Gasteiger partial charge >= 0.3 is 0 Å². The Morgan fingerprint density at radius 2 is 2.29 bits per heavy atom. The fourth-order valence-electron chi connectivity index (χ4n) is 2.78. The van der Waals surface area contributed by atoms with Crippen LogP contribution in [-0.4, -0.2) is 30.3 Å². The zero-order valence-electron chi connectivity index (χ0n) is 13.1. The molecule has 5 heteroatoms. The summed E-state index contributed by atoms with van der Waals surface area (Å²) in [5.74, 6) is 1.39. The minimum Gasteiger partial charge on any atom is -0.466 e. The second kappa shape index (κ2) is 6.62. The van der Waals surface area contributed by atoms with Crippen molar-refractivity contribution >= 4 is 5.91 Å². The molecule has 21 heavy (non-hydrogen) atoms. The van der Waals surface area contributed by atoms with Gasteiger partial charge < -0.3 is 19.6 Å². The Balaban J connectivity index is 1.80. The number of hydrogen-bond donors (Lipinski definition) is 2. The van der Waals surface area contributed by atoms with Gasteiger partial charge in [0.05, 0.1) is 12.6 Å². The Morgan fingerprint density at radius 3 is 2.86 bits per heavy atom. The lowest BCUT2D eigenvalue weighted by molar-refractivity contribution is -0.122. The molecular weight excluding hydrogens is 270 g/mol. The molecule has 1 aromatic heterocycles. The lowest BCUT2D eigenvalue weighted by Crippen LogP contribution is -2.38. The van der Waals surface area contributed by atoms with Gasteiger partial charge in [0, 0.05) is 18.6 Å². The highest BCUT2D eigenvalue weighted by molar-refractivity contribution is 5.76. The third kappa shape index (κ3) is 4.32. The summed E-state index contributed by atoms with van der Waals surface area (Å²) in [6.45, 7) is 6.32. The van der Waals surface area contributed by atoms with Crippen LogP contribution in [0.5, 0.6) is 0 Å². The summed E-state index contributed by atoms with van der Waals surface area (Å²) in [6.07, 6.45) is 3.52. The fraction of sp³-hybridized carbons (Fsp3) is 0.688. The minimum atomic E-state index is -1.12. The second-order valence-electron chi connectivity index (χ2n) is 6.05. The molecule has 0 spiro atoms. The Morgan fingerprint density at radius 1 is 1.52 bits per heavy atom. The van der Waals surface area contributed by atoms with E-state index in [1.807, 2.05) is 19.9 Å². The number of hydrogen-bond acceptors (Lipinski definition) is 4. The first-order valence-corrected chi connectivity index (χ1v) is 7.56. The van der Waals surface area contributed by atoms with E-state index in [0.29, 0.717) is 12.2 Å². The van der Waals surface area contributed by atoms with Gasteiger partial charge in [-0.25, -0.2) is 0 Å². The molecule has 0 saturated carbocycles. The van der Waals surface area contributed by atoms with E-state index >= 15 is 0 Å². The summed E-state index contributed by atoms with van der Waals surface area (Å²) < 4.78 is 10.9. The molecular formula is C16H25NO4. The Bertz CT molecular complexity index is 486. The average molecular weight is 295 g/mol. The molecule has 1 fully saturated rings. The quantitative estimate of drug-likeness (QED) is 0.844. The molecule has 1 aliphatic heterocycles. The van der Waals surface area contributed by atoms with Crippen molar-refractivity contribution in [2.75, 3.05) is 13.2 Å². The second-order valence-corrected chi connectivity index (χ2v) is 6.05. The number of carbonyl (C=O) groups excluding carboxylic acids is 1. The van der Waals surface area contributed by atoms with Crippen molar-refractivity contribution in [3.8, 4) is 0 Å². The summed E-state index contributed by atoms with van der Waals surface area (Å²) in [6, 6.07) is 1.81. The Hall–Kier alpha value is -1.33. The van der Waals surface area contributed by atoms with Crippen molar-refractivity contribution in [1.29, 1.82) is 0 Å². The first kappa shape index (κ1) is 16.0. The van der Waals surface area contributed by atoms with Crippen LogP contribution in [0.15, 0.2) is 10.5 Å². The molecule has 2 rings (SSSR count). The highest BCUT2D eigenvalue weighted by atomic mass is 16.5. The van der Waals surface area contributed by atoms with E-state index in [1.165, 1.54) is 0 Å². The maximum absolute atomic E-state index is 11.9. The van der Waals surface area contributed by atoms with Crippen molar-refractivity contribution < 1.29 is 19.1 Å². The van der Waals surface area contributed by atoms with Crippen LogP contribution in [0.1, 0.15) is 49.7 Å². The van der Waals surface area contributed by atoms with E-state index in [2.05, 4.69) is 5.32 Å². The van der Waals surface area contributed by atoms with Gasteiger partial charge in [-0.15, -0.1) is 0 Å². The molecule has 1 aromatic rings. The number of ether oxygens (including phenoxy) is 1. The standard InChI is InChI=1S/C16H25NO4/c1-11-9-14(12(2)21-11)16(3,19)10-17-15(18)7-6-13-5-4-8-20-13/h9,13,19H,4-8,10H2,1-3H3,(H,17,18)/t13-,16+/m0/s1. The van der Waals surface area contributed by atoms with Crippen LogP contribution in [-0.2, 0) is 15.1 Å². The van der Waals surface area contributed by atoms with Crippen LogP contribution in [0.25, 0.3) is 0 Å². The molecule has 1 saturated heterocycles. The number of aliphatic hydroxyl groups is 1. The molecule has 0 radical (unpaired) electrons. The van der Waals surface area contributed by atoms with E-state index in [4.69, 9.17) is 9.15 Å². The number of aryl methyl sites for hydroxylation is 2. The number of carbonyl (C=O) groups is 1. The van der Waals surface area contributed by atoms with Crippen molar-refractivity contribution in [2.24, 2.45) is 0 Å². The molecule has 118 valence electrons. The van der Waals surface area contributed by atoms with Crippen LogP contribution < -0.4 is 5.32 Å². The average Bonchev–Trinajstić information content (AvgIpc) is 3.04. The van der Waals surface area contributed by atoms with E-state index in [1.54, 1.807) is 6.92 Å². The Kier molecular flexibility index (Phi) is 5.06. The highest BCUT2D eigenvalue weighted by Crippen LogP contribution is 2.26. The highest BCUT2D eigenvalue weighted by Gasteiger charge is 2.28. The van der Waals surface area contributed by atoms with Gasteiger partial charge in [-0.2, -0.15) is 0 Å². The van der Waals surface area contributed by atoms with Gasteiger partial charge in [-0.3, -0.25) is 4.79 Å². The normalized spacial score (nSPS) is 21.2. The van der Waals surface area contributed by atoms with Crippen LogP contribution in [0, 0.1) is 13.8 Å². The first-order valence-electron chi connectivity index (χ1n) is 7.56. The lowest BCUT2D eigenvalue weighted by atomic mass is 9.96. The predicted octanol–water partition coefficient (Wildman–Crippen LogP) is 2.18. The lowest BCUT2D eigenvalue weighted by Gasteiger charge is -2.23. The molecule has 2 heterocycles. The van der Waals surface area contributed by atoms with Gasteiger partial charge in [0.15, 0.2) is 0 Å². The zero-order chi connectivity index (χ0) is 15.5. The number of rotatable bonds is 6. The molecule has 1 amide bonds. The minimum absolute atomic E-state index is 0.0522. The van der Waals surface area contributed by atoms with Gasteiger partial charge in [-0.05, 0) is 46.1 Å². The van der Waals surface area contributed by atoms with Gasteiger partial charge in [0.1, 0.15) is 17.1 Å². The summed E-state index contributed by atoms with van der Waals surface area (Å²) in [5, 5.41) is 13.3. The van der Waals surface area contributed by atoms with E-state index in [0.717, 1.165) is 37.2 Å². The third-order valence-corrected chi connectivity index (χ3v) is 3.97. The summed E-state index contributed by atoms with van der Waals surface area (Å²) >= 11 is 0. The van der Waals surface area contributed by atoms with Crippen molar-refractivity contribution in [3.63, 3.8) is 0 Å². The van der Waals surface area contributed by atoms with E-state index in [9.17, 15) is 9.90 Å². The smallest absolute Gasteiger partial charge is 0.220 e. The predicted molar refractivity (Wildman–Crippen MR) is 79.0 cm³/mol. The number of amides is 1. The van der Waals surface area contributed by atoms with Gasteiger partial charge in [-0.1, -0.05) is 0 Å². The zero-order valence-corrected chi connectivity index (χ0v) is 13.1. The van der Waals surface area contributed by atoms with Crippen LogP contribution in [0.2, 0.25) is 0 Å². The maximum atomic E-state index is 11.9. The summed E-state index contributed by atoms with van der Waals surface area (Å²) in [5.41, 5.74) is -0.402. The summed E-state index contributed by atoms with van der Waals surface area (Å²) in [7, 11) is 0. The van der Waals surface area contributed by atoms with Crippen LogP contribution in [0.4, 0.5) is 0 Å². The number of furan rings is 1. The topological polar surface area (TPSA) is 71.7 Å². The SMILES string of the molecule is Cc1cc([C@](C)(O)CNC(=O)CC[C@@H]2CCCO2)c(C)o1. The molecule has 1 aliphatic rings. The van der Waals surface area contributed by atoms with Crippen LogP contribution in [0.3, 0.4) is 0 Å². The first-order chi connectivity index (χ1) is 9.88. The molecule has 2 N–H and O–H groups in total. The van der Waals surface area contributed by atoms with Gasteiger partial charge in [0.2, 0.25) is 5.91 Å². The fourth-order valence-corrected chi connectivity index (χ4v) is 2.78. The molecule has 2 atom stereocenters. The molecule has 0 aliphatic carbocycles. The molecule has 0 aromatic carbocycles. The number of nitrogens with one attached hydrogen (secondary N) is 1. The largest absolute Gasteiger partial charge is 0.466 e. The van der Waals surface area contributed by atoms with Crippen molar-refractivity contribution in [2.45, 2.75) is 58.2 Å².